The van der Waals surface area contributed by atoms with Crippen LogP contribution in [0.4, 0.5) is 0 Å². The molecule has 3 heteroatoms. The lowest BCUT2D eigenvalue weighted by atomic mass is 10.0. The van der Waals surface area contributed by atoms with Crippen molar-refractivity contribution >= 4 is 5.71 Å². The highest BCUT2D eigenvalue weighted by molar-refractivity contribution is 6.07. The van der Waals surface area contributed by atoms with Crippen molar-refractivity contribution in [2.45, 2.75) is 32.7 Å². The van der Waals surface area contributed by atoms with E-state index in [0.717, 1.165) is 43.0 Å². The molecule has 1 rings (SSSR count). The second kappa shape index (κ2) is 10.4. The van der Waals surface area contributed by atoms with Gasteiger partial charge in [0.25, 0.3) is 0 Å². The molecule has 0 radical (unpaired) electrons. The molecule has 23 heavy (non-hydrogen) atoms. The Kier molecular flexibility index (Phi) is 8.51. The summed E-state index contributed by atoms with van der Waals surface area (Å²) in [6.45, 7) is 17.9. The first-order chi connectivity index (χ1) is 11.1. The van der Waals surface area contributed by atoms with Crippen molar-refractivity contribution in [2.24, 2.45) is 4.99 Å². The minimum atomic E-state index is 0.0524. The molecule has 1 aromatic carbocycles. The number of nitrogens with one attached hydrogen (secondary N) is 2. The number of benzene rings is 1. The molecule has 1 atom stereocenters. The van der Waals surface area contributed by atoms with Crippen molar-refractivity contribution in [1.29, 1.82) is 0 Å². The highest BCUT2D eigenvalue weighted by Gasteiger charge is 2.15. The Morgan fingerprint density at radius 1 is 1.22 bits per heavy atom. The third-order valence-corrected chi connectivity index (χ3v) is 3.46. The normalized spacial score (nSPS) is 12.3. The Balaban J connectivity index is 2.85. The summed E-state index contributed by atoms with van der Waals surface area (Å²) in [6, 6.07) is 10.4. The molecule has 1 aromatic rings. The van der Waals surface area contributed by atoms with Gasteiger partial charge in [0, 0.05) is 18.8 Å². The zero-order valence-electron chi connectivity index (χ0n) is 14.4. The summed E-state index contributed by atoms with van der Waals surface area (Å²) >= 11 is 0. The largest absolute Gasteiger partial charge is 0.387 e. The average molecular weight is 311 g/mol. The minimum absolute atomic E-state index is 0.0524. The minimum Gasteiger partial charge on any atom is -0.387 e. The highest BCUT2D eigenvalue weighted by Crippen LogP contribution is 2.10. The smallest absolute Gasteiger partial charge is 0.0793 e. The highest BCUT2D eigenvalue weighted by atomic mass is 15.0. The van der Waals surface area contributed by atoms with E-state index in [1.54, 1.807) is 6.08 Å². The van der Waals surface area contributed by atoms with Gasteiger partial charge in [-0.25, -0.2) is 0 Å². The number of likely N-dealkylation sites (N-methyl/N-ethyl adjacent to an activating group) is 1. The van der Waals surface area contributed by atoms with E-state index in [2.05, 4.69) is 73.5 Å². The molecule has 2 N–H and O–H groups in total. The third-order valence-electron chi connectivity index (χ3n) is 3.46. The molecule has 0 aliphatic carbocycles. The Morgan fingerprint density at radius 3 is 2.48 bits per heavy atom. The van der Waals surface area contributed by atoms with Crippen LogP contribution in [0.25, 0.3) is 0 Å². The van der Waals surface area contributed by atoms with E-state index < -0.39 is 0 Å². The zero-order valence-corrected chi connectivity index (χ0v) is 14.4. The number of rotatable bonds is 11. The van der Waals surface area contributed by atoms with Gasteiger partial charge in [-0.3, -0.25) is 4.99 Å². The molecule has 0 saturated heterocycles. The van der Waals surface area contributed by atoms with Gasteiger partial charge < -0.3 is 10.6 Å². The van der Waals surface area contributed by atoms with Crippen molar-refractivity contribution in [3.05, 3.63) is 73.1 Å². The van der Waals surface area contributed by atoms with Gasteiger partial charge in [-0.05, 0) is 31.4 Å². The van der Waals surface area contributed by atoms with Crippen LogP contribution < -0.4 is 10.6 Å². The Hall–Kier alpha value is -2.29. The van der Waals surface area contributed by atoms with E-state index in [1.165, 1.54) is 5.56 Å². The number of hydrogen-bond donors (Lipinski definition) is 2. The maximum absolute atomic E-state index is 4.51. The van der Waals surface area contributed by atoms with Crippen molar-refractivity contribution in [2.75, 3.05) is 13.1 Å². The first-order valence-corrected chi connectivity index (χ1v) is 8.21. The van der Waals surface area contributed by atoms with Crippen molar-refractivity contribution < 1.29 is 0 Å². The SMILES string of the molecule is C=C/C(=N\CCC)C(=C)NC(Cc1ccccc1)C(=C)NCC. The summed E-state index contributed by atoms with van der Waals surface area (Å²) in [7, 11) is 0. The molecule has 0 aliphatic heterocycles. The zero-order chi connectivity index (χ0) is 17.1. The molecule has 3 nitrogen and oxygen atoms in total. The molecule has 0 bridgehead atoms. The van der Waals surface area contributed by atoms with Crippen molar-refractivity contribution in [3.63, 3.8) is 0 Å². The van der Waals surface area contributed by atoms with Crippen LogP contribution in [0.5, 0.6) is 0 Å². The first-order valence-electron chi connectivity index (χ1n) is 8.21. The average Bonchev–Trinajstić information content (AvgIpc) is 2.56. The fraction of sp³-hybridized carbons (Fsp3) is 0.350. The molecule has 0 spiro atoms. The monoisotopic (exact) mass is 311 g/mol. The van der Waals surface area contributed by atoms with Crippen LogP contribution >= 0.6 is 0 Å². The molecular weight excluding hydrogens is 282 g/mol. The van der Waals surface area contributed by atoms with Crippen molar-refractivity contribution in [1.82, 2.24) is 10.6 Å². The lowest BCUT2D eigenvalue weighted by Gasteiger charge is -2.24. The molecule has 1 unspecified atom stereocenters. The molecule has 0 fully saturated rings. The number of hydrogen-bond acceptors (Lipinski definition) is 3. The summed E-state index contributed by atoms with van der Waals surface area (Å²) in [5.41, 5.74) is 3.81. The summed E-state index contributed by atoms with van der Waals surface area (Å²) < 4.78 is 0. The molecule has 124 valence electrons. The Bertz CT molecular complexity index is 543. The van der Waals surface area contributed by atoms with E-state index in [1.807, 2.05) is 6.07 Å². The van der Waals surface area contributed by atoms with Crippen LogP contribution in [0.2, 0.25) is 0 Å². The van der Waals surface area contributed by atoms with Crippen LogP contribution in [0.15, 0.2) is 72.5 Å². The van der Waals surface area contributed by atoms with E-state index in [-0.39, 0.29) is 6.04 Å². The lowest BCUT2D eigenvalue weighted by molar-refractivity contribution is 0.602. The summed E-state index contributed by atoms with van der Waals surface area (Å²) in [4.78, 5) is 4.51. The third kappa shape index (κ3) is 6.55. The van der Waals surface area contributed by atoms with Gasteiger partial charge in [-0.1, -0.05) is 57.0 Å². The summed E-state index contributed by atoms with van der Waals surface area (Å²) in [5, 5.41) is 6.76. The molecule has 0 aliphatic rings. The van der Waals surface area contributed by atoms with E-state index in [4.69, 9.17) is 0 Å². The Labute approximate surface area is 140 Å². The van der Waals surface area contributed by atoms with Gasteiger partial charge >= 0.3 is 0 Å². The standard InChI is InChI=1S/C20H29N3/c1-6-14-22-19(7-2)17(5)23-20(16(4)21-8-3)15-18-12-10-9-11-13-18/h7,9-13,20-21,23H,2,4-6,8,14-15H2,1,3H3/b22-19+. The van der Waals surface area contributed by atoms with Crippen LogP contribution in [0.3, 0.4) is 0 Å². The van der Waals surface area contributed by atoms with Crippen molar-refractivity contribution in [3.8, 4) is 0 Å². The van der Waals surface area contributed by atoms with Crippen LogP contribution in [-0.4, -0.2) is 24.8 Å². The quantitative estimate of drug-likeness (QED) is 0.609. The maximum atomic E-state index is 4.51. The van der Waals surface area contributed by atoms with Crippen LogP contribution in [0, 0.1) is 0 Å². The number of nitrogens with zero attached hydrogens (tertiary/aromatic N) is 1. The van der Waals surface area contributed by atoms with E-state index in [9.17, 15) is 0 Å². The molecule has 0 heterocycles. The van der Waals surface area contributed by atoms with Crippen LogP contribution in [-0.2, 0) is 6.42 Å². The molecule has 0 saturated carbocycles. The molecule has 0 aromatic heterocycles. The summed E-state index contributed by atoms with van der Waals surface area (Å²) in [6.07, 6.45) is 3.59. The molecule has 0 amide bonds. The summed E-state index contributed by atoms with van der Waals surface area (Å²) in [5.74, 6) is 0. The predicted molar refractivity (Wildman–Crippen MR) is 102 cm³/mol. The van der Waals surface area contributed by atoms with E-state index >= 15 is 0 Å². The second-order valence-corrected chi connectivity index (χ2v) is 5.39. The van der Waals surface area contributed by atoms with Gasteiger partial charge in [0.05, 0.1) is 17.5 Å². The predicted octanol–water partition coefficient (Wildman–Crippen LogP) is 3.86. The fourth-order valence-corrected chi connectivity index (χ4v) is 2.26. The van der Waals surface area contributed by atoms with Gasteiger partial charge in [0.2, 0.25) is 0 Å². The van der Waals surface area contributed by atoms with Gasteiger partial charge in [-0.2, -0.15) is 0 Å². The maximum Gasteiger partial charge on any atom is 0.0793 e. The molecular formula is C20H29N3. The van der Waals surface area contributed by atoms with E-state index in [0.29, 0.717) is 0 Å². The van der Waals surface area contributed by atoms with Crippen LogP contribution in [0.1, 0.15) is 25.8 Å². The Morgan fingerprint density at radius 2 is 1.91 bits per heavy atom. The number of allylic oxidation sites excluding steroid dienone is 1. The first kappa shape index (κ1) is 18.8. The second-order valence-electron chi connectivity index (χ2n) is 5.39. The van der Waals surface area contributed by atoms with Gasteiger partial charge in [-0.15, -0.1) is 0 Å². The van der Waals surface area contributed by atoms with Gasteiger partial charge in [0.15, 0.2) is 0 Å². The topological polar surface area (TPSA) is 36.4 Å². The van der Waals surface area contributed by atoms with Gasteiger partial charge in [0.1, 0.15) is 0 Å². The fourth-order valence-electron chi connectivity index (χ4n) is 2.26. The number of aliphatic imine (C=N–C) groups is 1. The lowest BCUT2D eigenvalue weighted by Crippen LogP contribution is -2.38.